The Morgan fingerprint density at radius 2 is 1.67 bits per heavy atom. The topological polar surface area (TPSA) is 12.0 Å². The summed E-state index contributed by atoms with van der Waals surface area (Å²) in [7, 11) is 0. The molecule has 0 aromatic carbocycles. The van der Waals surface area contributed by atoms with Crippen LogP contribution in [-0.2, 0) is 0 Å². The number of nitrogens with one attached hydrogen (secondary N) is 1. The maximum absolute atomic E-state index is 3.59. The molecule has 0 unspecified atom stereocenters. The van der Waals surface area contributed by atoms with Gasteiger partial charge in [-0.3, -0.25) is 0 Å². The van der Waals surface area contributed by atoms with Crippen LogP contribution in [0.25, 0.3) is 0 Å². The monoisotopic (exact) mass is 123 g/mol. The summed E-state index contributed by atoms with van der Waals surface area (Å²) in [6, 6.07) is 1.67. The van der Waals surface area contributed by atoms with E-state index in [2.05, 4.69) is 17.5 Å². The first-order valence-corrected chi connectivity index (χ1v) is 3.86. The molecule has 1 saturated carbocycles. The van der Waals surface area contributed by atoms with E-state index in [0.717, 1.165) is 12.1 Å². The molecule has 0 aromatic rings. The molecule has 1 fully saturated rings. The van der Waals surface area contributed by atoms with Crippen molar-refractivity contribution in [1.82, 2.24) is 5.32 Å². The van der Waals surface area contributed by atoms with Gasteiger partial charge in [-0.25, -0.2) is 0 Å². The van der Waals surface area contributed by atoms with E-state index in [0.29, 0.717) is 0 Å². The molecule has 0 atom stereocenters. The predicted octanol–water partition coefficient (Wildman–Crippen LogP) is 1.46. The third-order valence-electron chi connectivity index (χ3n) is 2.06. The maximum atomic E-state index is 3.59. The first-order chi connectivity index (χ1) is 4.45. The minimum Gasteiger partial charge on any atom is -0.311 e. The van der Waals surface area contributed by atoms with Gasteiger partial charge in [-0.2, -0.15) is 0 Å². The Bertz CT molecular complexity index is 117. The Labute approximate surface area is 56.1 Å². The zero-order chi connectivity index (χ0) is 6.10. The highest BCUT2D eigenvalue weighted by Gasteiger charge is 2.24. The van der Waals surface area contributed by atoms with Gasteiger partial charge in [0.2, 0.25) is 0 Å². The van der Waals surface area contributed by atoms with Gasteiger partial charge in [-0.1, -0.05) is 12.2 Å². The summed E-state index contributed by atoms with van der Waals surface area (Å²) in [5.74, 6) is 0. The Morgan fingerprint density at radius 1 is 1.00 bits per heavy atom. The van der Waals surface area contributed by atoms with Crippen molar-refractivity contribution in [2.75, 3.05) is 0 Å². The summed E-state index contributed by atoms with van der Waals surface area (Å²) in [5.41, 5.74) is 0. The summed E-state index contributed by atoms with van der Waals surface area (Å²) in [5, 5.41) is 3.59. The second kappa shape index (κ2) is 2.14. The molecule has 0 amide bonds. The molecule has 1 N–H and O–H groups in total. The summed E-state index contributed by atoms with van der Waals surface area (Å²) in [4.78, 5) is 0. The summed E-state index contributed by atoms with van der Waals surface area (Å²) in [6.45, 7) is 0. The average molecular weight is 123 g/mol. The third kappa shape index (κ3) is 1.33. The average Bonchev–Trinajstić information content (AvgIpc) is 2.46. The second-order valence-corrected chi connectivity index (χ2v) is 3.08. The van der Waals surface area contributed by atoms with Gasteiger partial charge in [0, 0.05) is 12.1 Å². The van der Waals surface area contributed by atoms with Crippen LogP contribution in [0.1, 0.15) is 25.7 Å². The van der Waals surface area contributed by atoms with Crippen molar-refractivity contribution in [3.8, 4) is 0 Å². The van der Waals surface area contributed by atoms with Crippen molar-refractivity contribution in [1.29, 1.82) is 0 Å². The molecule has 0 aliphatic heterocycles. The Hall–Kier alpha value is -0.300. The van der Waals surface area contributed by atoms with Crippen molar-refractivity contribution in [2.24, 2.45) is 0 Å². The smallest absolute Gasteiger partial charge is 0.0139 e. The molecule has 0 heterocycles. The van der Waals surface area contributed by atoms with Gasteiger partial charge in [0.15, 0.2) is 0 Å². The molecular weight excluding hydrogens is 110 g/mol. The summed E-state index contributed by atoms with van der Waals surface area (Å²) in [6.07, 6.45) is 9.90. The van der Waals surface area contributed by atoms with Crippen LogP contribution in [0.2, 0.25) is 0 Å². The van der Waals surface area contributed by atoms with Crippen LogP contribution in [0.4, 0.5) is 0 Å². The van der Waals surface area contributed by atoms with Crippen molar-refractivity contribution in [3.05, 3.63) is 12.2 Å². The summed E-state index contributed by atoms with van der Waals surface area (Å²) >= 11 is 0. The lowest BCUT2D eigenvalue weighted by molar-refractivity contribution is 0.535. The Balaban J connectivity index is 1.73. The minimum absolute atomic E-state index is 0.789. The molecule has 2 rings (SSSR count). The standard InChI is InChI=1S/C8H13N/c1-2-4-7(3-1)9-8-5-6-8/h1-2,7-9H,3-6H2. The fourth-order valence-corrected chi connectivity index (χ4v) is 1.34. The highest BCUT2D eigenvalue weighted by Crippen LogP contribution is 2.22. The normalized spacial score (nSPS) is 27.6. The van der Waals surface area contributed by atoms with Gasteiger partial charge in [0.05, 0.1) is 0 Å². The molecule has 50 valence electrons. The predicted molar refractivity (Wildman–Crippen MR) is 38.3 cm³/mol. The minimum atomic E-state index is 0.789. The maximum Gasteiger partial charge on any atom is 0.0139 e. The molecule has 0 saturated heterocycles. The highest BCUT2D eigenvalue weighted by atomic mass is 15.0. The van der Waals surface area contributed by atoms with E-state index < -0.39 is 0 Å². The highest BCUT2D eigenvalue weighted by molar-refractivity contribution is 5.00. The largest absolute Gasteiger partial charge is 0.311 e. The molecule has 0 bridgehead atoms. The van der Waals surface area contributed by atoms with Gasteiger partial charge < -0.3 is 5.32 Å². The number of rotatable bonds is 2. The quantitative estimate of drug-likeness (QED) is 0.548. The zero-order valence-electron chi connectivity index (χ0n) is 5.64. The van der Waals surface area contributed by atoms with Crippen molar-refractivity contribution in [3.63, 3.8) is 0 Å². The molecule has 0 aromatic heterocycles. The molecule has 0 radical (unpaired) electrons. The number of hydrogen-bond acceptors (Lipinski definition) is 1. The molecule has 9 heavy (non-hydrogen) atoms. The van der Waals surface area contributed by atoms with Crippen LogP contribution in [0.15, 0.2) is 12.2 Å². The van der Waals surface area contributed by atoms with Crippen LogP contribution >= 0.6 is 0 Å². The first kappa shape index (κ1) is 5.48. The molecule has 2 aliphatic carbocycles. The lowest BCUT2D eigenvalue weighted by Gasteiger charge is -2.09. The molecular formula is C8H13N. The van der Waals surface area contributed by atoms with Crippen molar-refractivity contribution in [2.45, 2.75) is 37.8 Å². The van der Waals surface area contributed by atoms with Crippen LogP contribution in [0, 0.1) is 0 Å². The zero-order valence-corrected chi connectivity index (χ0v) is 5.64. The Morgan fingerprint density at radius 3 is 2.22 bits per heavy atom. The molecule has 1 nitrogen and oxygen atoms in total. The first-order valence-electron chi connectivity index (χ1n) is 3.86. The van der Waals surface area contributed by atoms with E-state index in [4.69, 9.17) is 0 Å². The van der Waals surface area contributed by atoms with Crippen molar-refractivity contribution >= 4 is 0 Å². The second-order valence-electron chi connectivity index (χ2n) is 3.08. The lowest BCUT2D eigenvalue weighted by atomic mass is 10.2. The van der Waals surface area contributed by atoms with Gasteiger partial charge in [0.25, 0.3) is 0 Å². The van der Waals surface area contributed by atoms with E-state index in [9.17, 15) is 0 Å². The van der Waals surface area contributed by atoms with Gasteiger partial charge in [-0.15, -0.1) is 0 Å². The lowest BCUT2D eigenvalue weighted by Crippen LogP contribution is -2.27. The van der Waals surface area contributed by atoms with Crippen LogP contribution < -0.4 is 5.32 Å². The van der Waals surface area contributed by atoms with E-state index >= 15 is 0 Å². The van der Waals surface area contributed by atoms with Crippen LogP contribution in [-0.4, -0.2) is 12.1 Å². The Kier molecular flexibility index (Phi) is 1.31. The van der Waals surface area contributed by atoms with Crippen molar-refractivity contribution < 1.29 is 0 Å². The molecule has 0 spiro atoms. The summed E-state index contributed by atoms with van der Waals surface area (Å²) < 4.78 is 0. The van der Waals surface area contributed by atoms with Gasteiger partial charge >= 0.3 is 0 Å². The van der Waals surface area contributed by atoms with E-state index in [1.165, 1.54) is 25.7 Å². The van der Waals surface area contributed by atoms with E-state index in [1.54, 1.807) is 0 Å². The van der Waals surface area contributed by atoms with Gasteiger partial charge in [0.1, 0.15) is 0 Å². The molecule has 1 heteroatoms. The third-order valence-corrected chi connectivity index (χ3v) is 2.06. The SMILES string of the molecule is C1=CCC(NC2CC2)C1. The van der Waals surface area contributed by atoms with Crippen LogP contribution in [0.5, 0.6) is 0 Å². The number of hydrogen-bond donors (Lipinski definition) is 1. The fourth-order valence-electron chi connectivity index (χ4n) is 1.34. The fraction of sp³-hybridized carbons (Fsp3) is 0.750. The van der Waals surface area contributed by atoms with Gasteiger partial charge in [-0.05, 0) is 25.7 Å². The van der Waals surface area contributed by atoms with E-state index in [-0.39, 0.29) is 0 Å². The van der Waals surface area contributed by atoms with E-state index in [1.807, 2.05) is 0 Å². The van der Waals surface area contributed by atoms with Crippen LogP contribution in [0.3, 0.4) is 0 Å². The molecule has 2 aliphatic rings.